The van der Waals surface area contributed by atoms with E-state index in [4.69, 9.17) is 9.78 Å². The molecule has 3 aromatic heterocycles. The average molecular weight is 365 g/mol. The van der Waals surface area contributed by atoms with Crippen LogP contribution in [0.25, 0.3) is 28.0 Å². The highest BCUT2D eigenvalue weighted by atomic mass is 16.5. The Morgan fingerprint density at radius 2 is 1.93 bits per heavy atom. The number of hydrogen-bond donors (Lipinski definition) is 0. The van der Waals surface area contributed by atoms with Crippen molar-refractivity contribution in [3.8, 4) is 23.2 Å². The van der Waals surface area contributed by atoms with Gasteiger partial charge in [-0.15, -0.1) is 0 Å². The molecular weight excluding hydrogens is 350 g/mol. The normalized spacial score (nSPS) is 11.0. The molecule has 5 rings (SSSR count). The Hall–Kier alpha value is -4.11. The van der Waals surface area contributed by atoms with Gasteiger partial charge in [-0.25, -0.2) is 4.98 Å². The molecule has 0 aliphatic rings. The van der Waals surface area contributed by atoms with Gasteiger partial charge in [-0.05, 0) is 23.8 Å². The molecule has 0 N–H and O–H groups in total. The molecule has 0 aliphatic carbocycles. The van der Waals surface area contributed by atoms with Crippen molar-refractivity contribution in [2.45, 2.75) is 6.54 Å². The summed E-state index contributed by atoms with van der Waals surface area (Å²) in [5, 5.41) is 14.3. The molecule has 6 heteroatoms. The molecule has 0 spiro atoms. The predicted molar refractivity (Wildman–Crippen MR) is 105 cm³/mol. The molecule has 0 amide bonds. The van der Waals surface area contributed by atoms with E-state index in [-0.39, 0.29) is 0 Å². The lowest BCUT2D eigenvalue weighted by atomic mass is 10.1. The molecule has 28 heavy (non-hydrogen) atoms. The van der Waals surface area contributed by atoms with E-state index in [1.807, 2.05) is 52.0 Å². The van der Waals surface area contributed by atoms with Crippen LogP contribution >= 0.6 is 0 Å². The van der Waals surface area contributed by atoms with Crippen LogP contribution in [-0.2, 0) is 6.54 Å². The third kappa shape index (κ3) is 2.75. The Morgan fingerprint density at radius 1 is 1.07 bits per heavy atom. The number of imidazole rings is 1. The van der Waals surface area contributed by atoms with Crippen LogP contribution in [0.15, 0.2) is 84.0 Å². The second kappa shape index (κ2) is 6.56. The van der Waals surface area contributed by atoms with Crippen LogP contribution in [0.3, 0.4) is 0 Å². The van der Waals surface area contributed by atoms with E-state index < -0.39 is 0 Å². The number of aromatic nitrogens is 4. The van der Waals surface area contributed by atoms with Crippen molar-refractivity contribution in [2.24, 2.45) is 0 Å². The van der Waals surface area contributed by atoms with Crippen molar-refractivity contribution < 1.29 is 4.52 Å². The van der Waals surface area contributed by atoms with E-state index >= 15 is 0 Å². The van der Waals surface area contributed by atoms with Gasteiger partial charge in [0.05, 0.1) is 30.0 Å². The zero-order chi connectivity index (χ0) is 18.9. The molecule has 0 bridgehead atoms. The Kier molecular flexibility index (Phi) is 3.77. The maximum Gasteiger partial charge on any atom is 0.236 e. The molecule has 0 atom stereocenters. The van der Waals surface area contributed by atoms with E-state index in [0.717, 1.165) is 28.7 Å². The van der Waals surface area contributed by atoms with Crippen molar-refractivity contribution in [3.63, 3.8) is 0 Å². The summed E-state index contributed by atoms with van der Waals surface area (Å²) in [6.45, 7) is 0.726. The largest absolute Gasteiger partial charge is 0.337 e. The molecular formula is C22H15N5O. The molecule has 2 aromatic carbocycles. The number of benzene rings is 2. The minimum absolute atomic E-state index is 0.619. The molecule has 134 valence electrons. The Morgan fingerprint density at radius 3 is 2.71 bits per heavy atom. The van der Waals surface area contributed by atoms with Crippen LogP contribution in [-0.4, -0.2) is 19.3 Å². The highest BCUT2D eigenvalue weighted by Crippen LogP contribution is 2.28. The van der Waals surface area contributed by atoms with Gasteiger partial charge in [0.1, 0.15) is 5.69 Å². The number of nitrogens with zero attached hydrogens (tertiary/aromatic N) is 5. The lowest BCUT2D eigenvalue weighted by molar-refractivity contribution is 0.410. The second-order valence-corrected chi connectivity index (χ2v) is 6.52. The van der Waals surface area contributed by atoms with Gasteiger partial charge >= 0.3 is 0 Å². The number of rotatable bonds is 4. The molecule has 0 saturated heterocycles. The van der Waals surface area contributed by atoms with Gasteiger partial charge in [0.2, 0.25) is 5.88 Å². The van der Waals surface area contributed by atoms with E-state index in [0.29, 0.717) is 11.4 Å². The fourth-order valence-electron chi connectivity index (χ4n) is 3.37. The first-order chi connectivity index (χ1) is 13.8. The second-order valence-electron chi connectivity index (χ2n) is 6.52. The van der Waals surface area contributed by atoms with Gasteiger partial charge in [-0.3, -0.25) is 4.57 Å². The molecule has 0 fully saturated rings. The van der Waals surface area contributed by atoms with Crippen LogP contribution < -0.4 is 0 Å². The molecule has 0 aliphatic heterocycles. The molecule has 6 nitrogen and oxygen atoms in total. The van der Waals surface area contributed by atoms with Crippen molar-refractivity contribution in [1.29, 1.82) is 5.26 Å². The molecule has 0 unspecified atom stereocenters. The van der Waals surface area contributed by atoms with Gasteiger partial charge in [0.25, 0.3) is 0 Å². The monoisotopic (exact) mass is 365 g/mol. The van der Waals surface area contributed by atoms with Crippen molar-refractivity contribution >= 4 is 10.9 Å². The zero-order valence-electron chi connectivity index (χ0n) is 14.9. The van der Waals surface area contributed by atoms with Crippen molar-refractivity contribution in [3.05, 3.63) is 90.6 Å². The van der Waals surface area contributed by atoms with Gasteiger partial charge in [0, 0.05) is 35.6 Å². The topological polar surface area (TPSA) is 72.6 Å². The van der Waals surface area contributed by atoms with Crippen LogP contribution in [0, 0.1) is 11.3 Å². The minimum Gasteiger partial charge on any atom is -0.337 e. The van der Waals surface area contributed by atoms with Gasteiger partial charge in [-0.2, -0.15) is 5.26 Å². The van der Waals surface area contributed by atoms with E-state index in [2.05, 4.69) is 34.5 Å². The fraction of sp³-hybridized carbons (Fsp3) is 0.0455. The van der Waals surface area contributed by atoms with Gasteiger partial charge in [0.15, 0.2) is 0 Å². The summed E-state index contributed by atoms with van der Waals surface area (Å²) in [6.07, 6.45) is 7.61. The Labute approximate surface area is 160 Å². The minimum atomic E-state index is 0.619. The lowest BCUT2D eigenvalue weighted by Crippen LogP contribution is -1.95. The van der Waals surface area contributed by atoms with Crippen LogP contribution in [0.5, 0.6) is 0 Å². The highest BCUT2D eigenvalue weighted by Gasteiger charge is 2.14. The third-order valence-electron chi connectivity index (χ3n) is 4.75. The average Bonchev–Trinajstić information content (AvgIpc) is 3.49. The van der Waals surface area contributed by atoms with Crippen LogP contribution in [0.1, 0.15) is 11.1 Å². The van der Waals surface area contributed by atoms with Gasteiger partial charge in [-0.1, -0.05) is 35.5 Å². The quantitative estimate of drug-likeness (QED) is 0.473. The first-order valence-electron chi connectivity index (χ1n) is 8.84. The number of para-hydroxylation sites is 1. The Balaban J connectivity index is 1.56. The van der Waals surface area contributed by atoms with Crippen LogP contribution in [0.2, 0.25) is 0 Å². The summed E-state index contributed by atoms with van der Waals surface area (Å²) in [6, 6.07) is 19.6. The summed E-state index contributed by atoms with van der Waals surface area (Å²) in [5.41, 5.74) is 4.48. The molecule has 5 aromatic rings. The van der Waals surface area contributed by atoms with Crippen LogP contribution in [0.4, 0.5) is 0 Å². The van der Waals surface area contributed by atoms with E-state index in [9.17, 15) is 0 Å². The highest BCUT2D eigenvalue weighted by molar-refractivity contribution is 5.85. The molecule has 3 heterocycles. The summed E-state index contributed by atoms with van der Waals surface area (Å²) in [5.74, 6) is 0.646. The number of fused-ring (bicyclic) bond motifs is 1. The Bertz CT molecular complexity index is 1290. The maximum absolute atomic E-state index is 8.95. The first kappa shape index (κ1) is 16.1. The van der Waals surface area contributed by atoms with E-state index in [1.165, 1.54) is 5.56 Å². The number of hydrogen-bond acceptors (Lipinski definition) is 4. The SMILES string of the molecule is N#Cc1ccc(-c2cc(-n3cc(Cn4ccnc4)c4ccccc43)on2)cc1. The van der Waals surface area contributed by atoms with Crippen molar-refractivity contribution in [2.75, 3.05) is 0 Å². The summed E-state index contributed by atoms with van der Waals surface area (Å²) >= 11 is 0. The van der Waals surface area contributed by atoms with Crippen molar-refractivity contribution in [1.82, 2.24) is 19.3 Å². The predicted octanol–water partition coefficient (Wildman–Crippen LogP) is 4.40. The lowest BCUT2D eigenvalue weighted by Gasteiger charge is -1.99. The van der Waals surface area contributed by atoms with Gasteiger partial charge < -0.3 is 9.09 Å². The summed E-state index contributed by atoms with van der Waals surface area (Å²) in [4.78, 5) is 4.12. The maximum atomic E-state index is 8.95. The fourth-order valence-corrected chi connectivity index (χ4v) is 3.37. The van der Waals surface area contributed by atoms with E-state index in [1.54, 1.807) is 18.3 Å². The summed E-state index contributed by atoms with van der Waals surface area (Å²) < 4.78 is 9.70. The number of nitriles is 1. The zero-order valence-corrected chi connectivity index (χ0v) is 14.9. The first-order valence-corrected chi connectivity index (χ1v) is 8.84. The summed E-state index contributed by atoms with van der Waals surface area (Å²) in [7, 11) is 0. The third-order valence-corrected chi connectivity index (χ3v) is 4.75. The molecule has 0 saturated carbocycles. The standard InChI is InChI=1S/C22H15N5O/c23-12-16-5-7-17(8-6-16)20-11-22(28-25-20)27-14-18(13-26-10-9-24-15-26)19-3-1-2-4-21(19)27/h1-11,14-15H,13H2. The molecule has 0 radical (unpaired) electrons. The smallest absolute Gasteiger partial charge is 0.236 e.